The van der Waals surface area contributed by atoms with Crippen molar-refractivity contribution in [3.63, 3.8) is 0 Å². The van der Waals surface area contributed by atoms with Crippen molar-refractivity contribution in [3.05, 3.63) is 29.8 Å². The molecule has 1 aromatic rings. The van der Waals surface area contributed by atoms with E-state index in [0.29, 0.717) is 24.2 Å². The summed E-state index contributed by atoms with van der Waals surface area (Å²) in [6, 6.07) is 7.30. The Labute approximate surface area is 143 Å². The van der Waals surface area contributed by atoms with E-state index in [9.17, 15) is 9.90 Å². The summed E-state index contributed by atoms with van der Waals surface area (Å²) in [5.74, 6) is 0.541. The van der Waals surface area contributed by atoms with Gasteiger partial charge in [-0.1, -0.05) is 12.1 Å². The topological polar surface area (TPSA) is 79.8 Å². The molecule has 1 aliphatic heterocycles. The summed E-state index contributed by atoms with van der Waals surface area (Å²) in [6.45, 7) is 5.54. The van der Waals surface area contributed by atoms with Crippen LogP contribution in [0.3, 0.4) is 0 Å². The van der Waals surface area contributed by atoms with Crippen molar-refractivity contribution >= 4 is 5.91 Å². The molecule has 0 aliphatic carbocycles. The SMILES string of the molecule is COC1(C(=O)NCC(O)c2cccc(OC(C)C)c2)CCNCC1. The molecule has 1 heterocycles. The van der Waals surface area contributed by atoms with Gasteiger partial charge >= 0.3 is 0 Å². The van der Waals surface area contributed by atoms with Crippen LogP contribution in [0.1, 0.15) is 38.4 Å². The van der Waals surface area contributed by atoms with E-state index in [1.54, 1.807) is 13.2 Å². The number of ether oxygens (including phenoxy) is 2. The van der Waals surface area contributed by atoms with Gasteiger partial charge in [-0.2, -0.15) is 0 Å². The normalized spacial score (nSPS) is 18.2. The maximum atomic E-state index is 12.5. The first-order chi connectivity index (χ1) is 11.5. The van der Waals surface area contributed by atoms with Crippen molar-refractivity contribution < 1.29 is 19.4 Å². The van der Waals surface area contributed by atoms with E-state index in [1.807, 2.05) is 32.0 Å². The molecule has 3 N–H and O–H groups in total. The van der Waals surface area contributed by atoms with E-state index in [1.165, 1.54) is 0 Å². The fraction of sp³-hybridized carbons (Fsp3) is 0.611. The molecule has 0 bridgehead atoms. The standard InChI is InChI=1S/C18H28N2O4/c1-13(2)24-15-6-4-5-14(11-15)16(21)12-20-17(22)18(23-3)7-9-19-10-8-18/h4-6,11,13,16,19,21H,7-10,12H2,1-3H3,(H,20,22). The minimum absolute atomic E-state index is 0.0681. The molecule has 1 atom stereocenters. The third-order valence-corrected chi connectivity index (χ3v) is 4.29. The van der Waals surface area contributed by atoms with Gasteiger partial charge in [0.1, 0.15) is 11.4 Å². The Morgan fingerprint density at radius 3 is 2.71 bits per heavy atom. The minimum Gasteiger partial charge on any atom is -0.491 e. The zero-order valence-corrected chi connectivity index (χ0v) is 14.7. The lowest BCUT2D eigenvalue weighted by Crippen LogP contribution is -2.54. The average Bonchev–Trinajstić information content (AvgIpc) is 2.59. The summed E-state index contributed by atoms with van der Waals surface area (Å²) in [5, 5.41) is 16.4. The molecule has 6 heteroatoms. The molecule has 1 fully saturated rings. The van der Waals surface area contributed by atoms with Crippen LogP contribution in [0.25, 0.3) is 0 Å². The van der Waals surface area contributed by atoms with E-state index < -0.39 is 11.7 Å². The second-order valence-electron chi connectivity index (χ2n) is 6.41. The molecule has 1 unspecified atom stereocenters. The Kier molecular flexibility index (Phi) is 6.60. The summed E-state index contributed by atoms with van der Waals surface area (Å²) >= 11 is 0. The fourth-order valence-electron chi connectivity index (χ4n) is 2.89. The van der Waals surface area contributed by atoms with Crippen LogP contribution in [-0.4, -0.2) is 49.5 Å². The van der Waals surface area contributed by atoms with Crippen molar-refractivity contribution in [2.24, 2.45) is 0 Å². The Morgan fingerprint density at radius 1 is 1.38 bits per heavy atom. The molecule has 24 heavy (non-hydrogen) atoms. The monoisotopic (exact) mass is 336 g/mol. The van der Waals surface area contributed by atoms with Gasteiger partial charge in [-0.15, -0.1) is 0 Å². The van der Waals surface area contributed by atoms with E-state index in [2.05, 4.69) is 10.6 Å². The number of methoxy groups -OCH3 is 1. The van der Waals surface area contributed by atoms with Crippen LogP contribution in [0.5, 0.6) is 5.75 Å². The highest BCUT2D eigenvalue weighted by Gasteiger charge is 2.39. The van der Waals surface area contributed by atoms with Gasteiger partial charge < -0.3 is 25.2 Å². The van der Waals surface area contributed by atoms with Crippen molar-refractivity contribution in [1.82, 2.24) is 10.6 Å². The second-order valence-corrected chi connectivity index (χ2v) is 6.41. The van der Waals surface area contributed by atoms with E-state index >= 15 is 0 Å². The third kappa shape index (κ3) is 4.69. The zero-order valence-electron chi connectivity index (χ0n) is 14.7. The zero-order chi connectivity index (χ0) is 17.6. The molecule has 1 aromatic carbocycles. The molecule has 1 saturated heterocycles. The number of nitrogens with one attached hydrogen (secondary N) is 2. The molecule has 2 rings (SSSR count). The van der Waals surface area contributed by atoms with Crippen molar-refractivity contribution in [3.8, 4) is 5.75 Å². The largest absolute Gasteiger partial charge is 0.491 e. The van der Waals surface area contributed by atoms with Crippen LogP contribution >= 0.6 is 0 Å². The number of piperidine rings is 1. The highest BCUT2D eigenvalue weighted by atomic mass is 16.5. The first-order valence-electron chi connectivity index (χ1n) is 8.46. The lowest BCUT2D eigenvalue weighted by Gasteiger charge is -2.35. The van der Waals surface area contributed by atoms with E-state index in [-0.39, 0.29) is 18.6 Å². The number of hydrogen-bond donors (Lipinski definition) is 3. The van der Waals surface area contributed by atoms with Gasteiger partial charge in [0.2, 0.25) is 0 Å². The van der Waals surface area contributed by atoms with E-state index in [0.717, 1.165) is 13.1 Å². The number of aliphatic hydroxyl groups excluding tert-OH is 1. The highest BCUT2D eigenvalue weighted by molar-refractivity contribution is 5.85. The smallest absolute Gasteiger partial charge is 0.252 e. The molecule has 1 aliphatic rings. The molecular formula is C18H28N2O4. The van der Waals surface area contributed by atoms with Gasteiger partial charge in [0.15, 0.2) is 0 Å². The Morgan fingerprint density at radius 2 is 2.08 bits per heavy atom. The lowest BCUT2D eigenvalue weighted by atomic mass is 9.91. The molecule has 0 radical (unpaired) electrons. The van der Waals surface area contributed by atoms with Gasteiger partial charge in [-0.25, -0.2) is 0 Å². The predicted molar refractivity (Wildman–Crippen MR) is 92.0 cm³/mol. The minimum atomic E-state index is -0.798. The van der Waals surface area contributed by atoms with Gasteiger partial charge in [-0.3, -0.25) is 4.79 Å². The maximum absolute atomic E-state index is 12.5. The van der Waals surface area contributed by atoms with Crippen LogP contribution in [-0.2, 0) is 9.53 Å². The fourth-order valence-corrected chi connectivity index (χ4v) is 2.89. The highest BCUT2D eigenvalue weighted by Crippen LogP contribution is 2.24. The molecule has 0 saturated carbocycles. The number of amides is 1. The van der Waals surface area contributed by atoms with Gasteiger partial charge in [0.25, 0.3) is 5.91 Å². The van der Waals surface area contributed by atoms with Crippen molar-refractivity contribution in [2.45, 2.75) is 44.5 Å². The van der Waals surface area contributed by atoms with Crippen LogP contribution in [0.4, 0.5) is 0 Å². The van der Waals surface area contributed by atoms with Crippen LogP contribution < -0.4 is 15.4 Å². The summed E-state index contributed by atoms with van der Waals surface area (Å²) in [4.78, 5) is 12.5. The first kappa shape index (κ1) is 18.7. The third-order valence-electron chi connectivity index (χ3n) is 4.29. The Hall–Kier alpha value is -1.63. The maximum Gasteiger partial charge on any atom is 0.252 e. The van der Waals surface area contributed by atoms with Gasteiger partial charge in [-0.05, 0) is 57.5 Å². The van der Waals surface area contributed by atoms with Crippen molar-refractivity contribution in [1.29, 1.82) is 0 Å². The Bertz CT molecular complexity index is 542. The predicted octanol–water partition coefficient (Wildman–Crippen LogP) is 1.39. The van der Waals surface area contributed by atoms with Gasteiger partial charge in [0.05, 0.1) is 12.2 Å². The summed E-state index contributed by atoms with van der Waals surface area (Å²) in [6.07, 6.45) is 0.533. The summed E-state index contributed by atoms with van der Waals surface area (Å²) in [5.41, 5.74) is -0.0849. The summed E-state index contributed by atoms with van der Waals surface area (Å²) in [7, 11) is 1.56. The molecule has 0 spiro atoms. The molecular weight excluding hydrogens is 308 g/mol. The van der Waals surface area contributed by atoms with Crippen LogP contribution in [0.15, 0.2) is 24.3 Å². The molecule has 134 valence electrons. The quantitative estimate of drug-likeness (QED) is 0.701. The molecule has 6 nitrogen and oxygen atoms in total. The molecule has 1 amide bonds. The first-order valence-corrected chi connectivity index (χ1v) is 8.46. The number of carbonyl (C=O) groups excluding carboxylic acids is 1. The number of benzene rings is 1. The van der Waals surface area contributed by atoms with E-state index in [4.69, 9.17) is 9.47 Å². The number of hydrogen-bond acceptors (Lipinski definition) is 5. The number of carbonyl (C=O) groups is 1. The van der Waals surface area contributed by atoms with Crippen molar-refractivity contribution in [2.75, 3.05) is 26.7 Å². The average molecular weight is 336 g/mol. The molecule has 0 aromatic heterocycles. The van der Waals surface area contributed by atoms with Crippen LogP contribution in [0.2, 0.25) is 0 Å². The van der Waals surface area contributed by atoms with Crippen LogP contribution in [0, 0.1) is 0 Å². The number of aliphatic hydroxyl groups is 1. The second kappa shape index (κ2) is 8.46. The Balaban J connectivity index is 1.94. The summed E-state index contributed by atoms with van der Waals surface area (Å²) < 4.78 is 11.1. The lowest BCUT2D eigenvalue weighted by molar-refractivity contribution is -0.147. The number of rotatable bonds is 7. The van der Waals surface area contributed by atoms with Gasteiger partial charge in [0, 0.05) is 13.7 Å².